The molecule has 1 rings (SSSR count). The molecule has 0 atom stereocenters. The molecule has 0 aliphatic rings. The first-order chi connectivity index (χ1) is 11.7. The van der Waals surface area contributed by atoms with Gasteiger partial charge in [-0.1, -0.05) is 96.1 Å². The molecule has 0 fully saturated rings. The van der Waals surface area contributed by atoms with Crippen LogP contribution >= 0.6 is 23.4 Å². The standard InChI is InChI=1S/C22H37ClS/c1-20(2)14-12-10-8-6-4-3-5-7-9-11-13-19-24-22-17-15-21(23)16-18-22/h15-18,20H,3-14,19H2,1-2H3. The third-order valence-electron chi connectivity index (χ3n) is 4.51. The second kappa shape index (κ2) is 15.1. The van der Waals surface area contributed by atoms with Crippen LogP contribution in [0.3, 0.4) is 0 Å². The van der Waals surface area contributed by atoms with Gasteiger partial charge in [0.2, 0.25) is 0 Å². The molecule has 0 saturated carbocycles. The van der Waals surface area contributed by atoms with E-state index in [1.165, 1.54) is 87.7 Å². The Labute approximate surface area is 160 Å². The molecule has 0 unspecified atom stereocenters. The number of thioether (sulfide) groups is 1. The zero-order chi connectivity index (χ0) is 17.5. The Bertz CT molecular complexity index is 385. The van der Waals surface area contributed by atoms with Crippen molar-refractivity contribution in [3.8, 4) is 0 Å². The lowest BCUT2D eigenvalue weighted by Gasteiger charge is -2.05. The van der Waals surface area contributed by atoms with Gasteiger partial charge in [0.05, 0.1) is 0 Å². The first-order valence-corrected chi connectivity index (χ1v) is 11.4. The maximum absolute atomic E-state index is 5.90. The van der Waals surface area contributed by atoms with E-state index in [4.69, 9.17) is 11.6 Å². The minimum atomic E-state index is 0.829. The predicted molar refractivity (Wildman–Crippen MR) is 112 cm³/mol. The normalized spacial score (nSPS) is 11.3. The largest absolute Gasteiger partial charge is 0.126 e. The van der Waals surface area contributed by atoms with Crippen molar-refractivity contribution >= 4 is 23.4 Å². The number of unbranched alkanes of at least 4 members (excludes halogenated alkanes) is 10. The van der Waals surface area contributed by atoms with Crippen LogP contribution in [0.2, 0.25) is 5.02 Å². The van der Waals surface area contributed by atoms with Crippen molar-refractivity contribution < 1.29 is 0 Å². The van der Waals surface area contributed by atoms with Gasteiger partial charge in [0.1, 0.15) is 0 Å². The molecule has 0 N–H and O–H groups in total. The fourth-order valence-electron chi connectivity index (χ4n) is 2.97. The van der Waals surface area contributed by atoms with Crippen molar-refractivity contribution in [3.05, 3.63) is 29.3 Å². The zero-order valence-corrected chi connectivity index (χ0v) is 17.4. The van der Waals surface area contributed by atoms with Crippen molar-refractivity contribution in [1.82, 2.24) is 0 Å². The number of rotatable bonds is 15. The van der Waals surface area contributed by atoms with Gasteiger partial charge >= 0.3 is 0 Å². The third-order valence-corrected chi connectivity index (χ3v) is 5.86. The molecule has 1 aromatic carbocycles. The highest BCUT2D eigenvalue weighted by Gasteiger charge is 1.97. The molecular weight excluding hydrogens is 332 g/mol. The Morgan fingerprint density at radius 3 is 1.67 bits per heavy atom. The summed E-state index contributed by atoms with van der Waals surface area (Å²) < 4.78 is 0. The van der Waals surface area contributed by atoms with Crippen LogP contribution in [-0.4, -0.2) is 5.75 Å². The summed E-state index contributed by atoms with van der Waals surface area (Å²) in [7, 11) is 0. The summed E-state index contributed by atoms with van der Waals surface area (Å²) in [6.45, 7) is 4.66. The first-order valence-electron chi connectivity index (χ1n) is 10.1. The molecule has 0 aliphatic carbocycles. The van der Waals surface area contributed by atoms with Crippen molar-refractivity contribution in [2.24, 2.45) is 5.92 Å². The summed E-state index contributed by atoms with van der Waals surface area (Å²) in [5.41, 5.74) is 0. The number of halogens is 1. The highest BCUT2D eigenvalue weighted by molar-refractivity contribution is 7.99. The van der Waals surface area contributed by atoms with E-state index in [0.29, 0.717) is 0 Å². The summed E-state index contributed by atoms with van der Waals surface area (Å²) in [5.74, 6) is 2.12. The molecule has 0 heterocycles. The molecule has 0 aromatic heterocycles. The molecule has 0 nitrogen and oxygen atoms in total. The highest BCUT2D eigenvalue weighted by Crippen LogP contribution is 2.22. The van der Waals surface area contributed by atoms with E-state index in [1.807, 2.05) is 23.9 Å². The Morgan fingerprint density at radius 2 is 1.17 bits per heavy atom. The van der Waals surface area contributed by atoms with Gasteiger partial charge in [-0.05, 0) is 42.4 Å². The number of hydrogen-bond donors (Lipinski definition) is 0. The summed E-state index contributed by atoms with van der Waals surface area (Å²) in [5, 5.41) is 0.829. The average Bonchev–Trinajstić information content (AvgIpc) is 2.56. The maximum Gasteiger partial charge on any atom is 0.0406 e. The summed E-state index contributed by atoms with van der Waals surface area (Å²) in [4.78, 5) is 1.34. The molecule has 0 bridgehead atoms. The van der Waals surface area contributed by atoms with Crippen LogP contribution in [-0.2, 0) is 0 Å². The van der Waals surface area contributed by atoms with Gasteiger partial charge in [-0.2, -0.15) is 0 Å². The molecular formula is C22H37ClS. The topological polar surface area (TPSA) is 0 Å². The van der Waals surface area contributed by atoms with Crippen LogP contribution < -0.4 is 0 Å². The van der Waals surface area contributed by atoms with Gasteiger partial charge in [-0.3, -0.25) is 0 Å². The lowest BCUT2D eigenvalue weighted by molar-refractivity contribution is 0.504. The lowest BCUT2D eigenvalue weighted by Crippen LogP contribution is -1.87. The Balaban J connectivity index is 1.77. The van der Waals surface area contributed by atoms with Crippen LogP contribution in [0, 0.1) is 5.92 Å². The average molecular weight is 369 g/mol. The maximum atomic E-state index is 5.90. The zero-order valence-electron chi connectivity index (χ0n) is 15.9. The van der Waals surface area contributed by atoms with E-state index in [9.17, 15) is 0 Å². The fraction of sp³-hybridized carbons (Fsp3) is 0.727. The quantitative estimate of drug-likeness (QED) is 0.220. The van der Waals surface area contributed by atoms with Crippen LogP contribution in [0.4, 0.5) is 0 Å². The molecule has 0 saturated heterocycles. The van der Waals surface area contributed by atoms with Crippen molar-refractivity contribution in [3.63, 3.8) is 0 Å². The Morgan fingerprint density at radius 1 is 0.708 bits per heavy atom. The van der Waals surface area contributed by atoms with Crippen molar-refractivity contribution in [2.45, 2.75) is 95.8 Å². The van der Waals surface area contributed by atoms with E-state index in [-0.39, 0.29) is 0 Å². The van der Waals surface area contributed by atoms with Crippen molar-refractivity contribution in [1.29, 1.82) is 0 Å². The molecule has 0 spiro atoms. The molecule has 0 radical (unpaired) electrons. The summed E-state index contributed by atoms with van der Waals surface area (Å²) in [6.07, 6.45) is 17.1. The van der Waals surface area contributed by atoms with E-state index in [0.717, 1.165) is 10.9 Å². The van der Waals surface area contributed by atoms with Gasteiger partial charge < -0.3 is 0 Å². The predicted octanol–water partition coefficient (Wildman–Crippen LogP) is 8.77. The number of hydrogen-bond acceptors (Lipinski definition) is 1. The highest BCUT2D eigenvalue weighted by atomic mass is 35.5. The van der Waals surface area contributed by atoms with E-state index in [1.54, 1.807) is 0 Å². The monoisotopic (exact) mass is 368 g/mol. The van der Waals surface area contributed by atoms with Gasteiger partial charge in [-0.25, -0.2) is 0 Å². The summed E-state index contributed by atoms with van der Waals surface area (Å²) in [6, 6.07) is 8.20. The first kappa shape index (κ1) is 21.9. The van der Waals surface area contributed by atoms with E-state index in [2.05, 4.69) is 26.0 Å². The minimum Gasteiger partial charge on any atom is -0.126 e. The van der Waals surface area contributed by atoms with Gasteiger partial charge in [0.25, 0.3) is 0 Å². The summed E-state index contributed by atoms with van der Waals surface area (Å²) >= 11 is 7.85. The smallest absolute Gasteiger partial charge is 0.0406 e. The van der Waals surface area contributed by atoms with Gasteiger partial charge in [-0.15, -0.1) is 11.8 Å². The molecule has 24 heavy (non-hydrogen) atoms. The van der Waals surface area contributed by atoms with E-state index < -0.39 is 0 Å². The molecule has 0 aliphatic heterocycles. The van der Waals surface area contributed by atoms with E-state index >= 15 is 0 Å². The lowest BCUT2D eigenvalue weighted by atomic mass is 10.0. The Kier molecular flexibility index (Phi) is 13.8. The Hall–Kier alpha value is -0.140. The second-order valence-electron chi connectivity index (χ2n) is 7.37. The fourth-order valence-corrected chi connectivity index (χ4v) is 4.01. The molecule has 2 heteroatoms. The third kappa shape index (κ3) is 13.2. The molecule has 138 valence electrons. The van der Waals surface area contributed by atoms with Crippen LogP contribution in [0.1, 0.15) is 90.9 Å². The molecule has 1 aromatic rings. The van der Waals surface area contributed by atoms with Crippen LogP contribution in [0.25, 0.3) is 0 Å². The van der Waals surface area contributed by atoms with Crippen LogP contribution in [0.5, 0.6) is 0 Å². The van der Waals surface area contributed by atoms with Crippen LogP contribution in [0.15, 0.2) is 29.2 Å². The van der Waals surface area contributed by atoms with Gasteiger partial charge in [0, 0.05) is 9.92 Å². The molecule has 0 amide bonds. The van der Waals surface area contributed by atoms with Gasteiger partial charge in [0.15, 0.2) is 0 Å². The van der Waals surface area contributed by atoms with Crippen molar-refractivity contribution in [2.75, 3.05) is 5.75 Å². The minimum absolute atomic E-state index is 0.829. The number of benzene rings is 1. The SMILES string of the molecule is CC(C)CCCCCCCCCCCCCSc1ccc(Cl)cc1. The second-order valence-corrected chi connectivity index (χ2v) is 8.98.